The number of hydrogen-bond donors (Lipinski definition) is 3. The lowest BCUT2D eigenvalue weighted by Crippen LogP contribution is -2.43. The third kappa shape index (κ3) is 3.73. The molecule has 0 saturated heterocycles. The van der Waals surface area contributed by atoms with Crippen LogP contribution in [0.4, 0.5) is 10.5 Å². The van der Waals surface area contributed by atoms with Crippen LogP contribution in [0.5, 0.6) is 0 Å². The molecule has 0 heterocycles. The number of rotatable bonds is 3. The van der Waals surface area contributed by atoms with Gasteiger partial charge in [0.1, 0.15) is 0 Å². The first-order chi connectivity index (χ1) is 9.56. The molecule has 1 aliphatic carbocycles. The van der Waals surface area contributed by atoms with Crippen molar-refractivity contribution in [3.8, 4) is 0 Å². The Kier molecular flexibility index (Phi) is 4.61. The van der Waals surface area contributed by atoms with E-state index >= 15 is 0 Å². The summed E-state index contributed by atoms with van der Waals surface area (Å²) in [5.74, 6) is 0.00131. The standard InChI is InChI=1S/C15H21N3O2/c1-10-5-2-3-8-13(10)18-15(20)17-12-7-4-6-11(9-12)14(16)19/h4,6-7,9-10,13H,2-3,5,8H2,1H3,(H2,16,19)(H2,17,18,20)/t10-,13-/m1/s1. The van der Waals surface area contributed by atoms with E-state index < -0.39 is 5.91 Å². The predicted molar refractivity (Wildman–Crippen MR) is 78.5 cm³/mol. The Morgan fingerprint density at radius 1 is 1.25 bits per heavy atom. The number of urea groups is 1. The van der Waals surface area contributed by atoms with Gasteiger partial charge in [-0.05, 0) is 37.0 Å². The van der Waals surface area contributed by atoms with Crippen LogP contribution in [-0.2, 0) is 0 Å². The molecule has 0 unspecified atom stereocenters. The third-order valence-electron chi connectivity index (χ3n) is 3.83. The van der Waals surface area contributed by atoms with Gasteiger partial charge in [-0.25, -0.2) is 4.79 Å². The van der Waals surface area contributed by atoms with Crippen molar-refractivity contribution in [1.82, 2.24) is 5.32 Å². The first-order valence-electron chi connectivity index (χ1n) is 7.03. The summed E-state index contributed by atoms with van der Waals surface area (Å²) >= 11 is 0. The van der Waals surface area contributed by atoms with Crippen LogP contribution < -0.4 is 16.4 Å². The van der Waals surface area contributed by atoms with E-state index in [1.807, 2.05) is 0 Å². The average Bonchev–Trinajstić information content (AvgIpc) is 2.41. The van der Waals surface area contributed by atoms with Crippen molar-refractivity contribution in [2.75, 3.05) is 5.32 Å². The van der Waals surface area contributed by atoms with E-state index in [-0.39, 0.29) is 12.1 Å². The van der Waals surface area contributed by atoms with Crippen LogP contribution in [0.15, 0.2) is 24.3 Å². The number of benzene rings is 1. The Morgan fingerprint density at radius 3 is 2.70 bits per heavy atom. The number of amides is 3. The normalized spacial score (nSPS) is 22.1. The summed E-state index contributed by atoms with van der Waals surface area (Å²) in [7, 11) is 0. The summed E-state index contributed by atoms with van der Waals surface area (Å²) in [6.07, 6.45) is 4.58. The summed E-state index contributed by atoms with van der Waals surface area (Å²) < 4.78 is 0. The van der Waals surface area contributed by atoms with E-state index in [0.717, 1.165) is 19.3 Å². The maximum atomic E-state index is 12.0. The number of hydrogen-bond acceptors (Lipinski definition) is 2. The highest BCUT2D eigenvalue weighted by atomic mass is 16.2. The highest BCUT2D eigenvalue weighted by molar-refractivity contribution is 5.95. The molecule has 1 fully saturated rings. The lowest BCUT2D eigenvalue weighted by atomic mass is 9.86. The van der Waals surface area contributed by atoms with Crippen LogP contribution in [0.25, 0.3) is 0 Å². The van der Waals surface area contributed by atoms with Crippen LogP contribution in [0, 0.1) is 5.92 Å². The SMILES string of the molecule is C[C@@H]1CCCC[C@H]1NC(=O)Nc1cccc(C(N)=O)c1. The zero-order chi connectivity index (χ0) is 14.5. The quantitative estimate of drug-likeness (QED) is 0.791. The zero-order valence-corrected chi connectivity index (χ0v) is 11.7. The fraction of sp³-hybridized carbons (Fsp3) is 0.467. The second-order valence-electron chi connectivity index (χ2n) is 5.41. The van der Waals surface area contributed by atoms with Gasteiger partial charge in [-0.2, -0.15) is 0 Å². The summed E-state index contributed by atoms with van der Waals surface area (Å²) in [6.45, 7) is 2.16. The van der Waals surface area contributed by atoms with Crippen molar-refractivity contribution < 1.29 is 9.59 Å². The van der Waals surface area contributed by atoms with Crippen LogP contribution in [-0.4, -0.2) is 18.0 Å². The minimum Gasteiger partial charge on any atom is -0.366 e. The molecule has 5 heteroatoms. The molecule has 0 aromatic heterocycles. The molecular weight excluding hydrogens is 254 g/mol. The summed E-state index contributed by atoms with van der Waals surface area (Å²) in [5.41, 5.74) is 6.17. The number of carbonyl (C=O) groups excluding carboxylic acids is 2. The van der Waals surface area contributed by atoms with E-state index in [4.69, 9.17) is 5.73 Å². The summed E-state index contributed by atoms with van der Waals surface area (Å²) in [4.78, 5) is 23.1. The van der Waals surface area contributed by atoms with E-state index in [9.17, 15) is 9.59 Å². The maximum absolute atomic E-state index is 12.0. The largest absolute Gasteiger partial charge is 0.366 e. The number of nitrogens with one attached hydrogen (secondary N) is 2. The molecule has 1 aromatic rings. The number of carbonyl (C=O) groups is 2. The van der Waals surface area contributed by atoms with Crippen LogP contribution in [0.1, 0.15) is 43.0 Å². The van der Waals surface area contributed by atoms with Crippen LogP contribution >= 0.6 is 0 Å². The average molecular weight is 275 g/mol. The molecular formula is C15H21N3O2. The molecule has 4 N–H and O–H groups in total. The highest BCUT2D eigenvalue weighted by Gasteiger charge is 2.22. The van der Waals surface area contributed by atoms with E-state index in [1.54, 1.807) is 24.3 Å². The number of anilines is 1. The Labute approximate surface area is 118 Å². The topological polar surface area (TPSA) is 84.2 Å². The second kappa shape index (κ2) is 6.41. The molecule has 20 heavy (non-hydrogen) atoms. The lowest BCUT2D eigenvalue weighted by Gasteiger charge is -2.29. The molecule has 108 valence electrons. The Morgan fingerprint density at radius 2 is 2.00 bits per heavy atom. The first kappa shape index (κ1) is 14.4. The first-order valence-corrected chi connectivity index (χ1v) is 7.03. The fourth-order valence-corrected chi connectivity index (χ4v) is 2.62. The minimum absolute atomic E-state index is 0.225. The second-order valence-corrected chi connectivity index (χ2v) is 5.41. The summed E-state index contributed by atoms with van der Waals surface area (Å²) in [5, 5.41) is 5.75. The molecule has 0 spiro atoms. The van der Waals surface area contributed by atoms with Gasteiger partial charge in [0, 0.05) is 17.3 Å². The van der Waals surface area contributed by atoms with E-state index in [0.29, 0.717) is 17.2 Å². The number of nitrogens with two attached hydrogens (primary N) is 1. The van der Waals surface area contributed by atoms with Gasteiger partial charge in [0.05, 0.1) is 0 Å². The van der Waals surface area contributed by atoms with E-state index in [2.05, 4.69) is 17.6 Å². The predicted octanol–water partition coefficient (Wildman–Crippen LogP) is 2.49. The van der Waals surface area contributed by atoms with Gasteiger partial charge >= 0.3 is 6.03 Å². The van der Waals surface area contributed by atoms with Crippen LogP contribution in [0.2, 0.25) is 0 Å². The molecule has 2 atom stereocenters. The van der Waals surface area contributed by atoms with E-state index in [1.165, 1.54) is 6.42 Å². The molecule has 3 amide bonds. The van der Waals surface area contributed by atoms with Crippen LogP contribution in [0.3, 0.4) is 0 Å². The Balaban J connectivity index is 1.94. The molecule has 0 aliphatic heterocycles. The maximum Gasteiger partial charge on any atom is 0.319 e. The molecule has 0 radical (unpaired) electrons. The highest BCUT2D eigenvalue weighted by Crippen LogP contribution is 2.23. The third-order valence-corrected chi connectivity index (χ3v) is 3.83. The van der Waals surface area contributed by atoms with Gasteiger partial charge < -0.3 is 16.4 Å². The molecule has 0 bridgehead atoms. The summed E-state index contributed by atoms with van der Waals surface area (Å²) in [6, 6.07) is 6.62. The monoisotopic (exact) mass is 275 g/mol. The van der Waals surface area contributed by atoms with Gasteiger partial charge in [0.15, 0.2) is 0 Å². The van der Waals surface area contributed by atoms with Gasteiger partial charge in [0.25, 0.3) is 0 Å². The van der Waals surface area contributed by atoms with Crippen molar-refractivity contribution in [2.45, 2.75) is 38.6 Å². The van der Waals surface area contributed by atoms with Crippen molar-refractivity contribution in [1.29, 1.82) is 0 Å². The van der Waals surface area contributed by atoms with Crippen molar-refractivity contribution in [3.63, 3.8) is 0 Å². The molecule has 2 rings (SSSR count). The molecule has 5 nitrogen and oxygen atoms in total. The van der Waals surface area contributed by atoms with Crippen molar-refractivity contribution >= 4 is 17.6 Å². The Bertz CT molecular complexity index is 502. The van der Waals surface area contributed by atoms with Crippen molar-refractivity contribution in [3.05, 3.63) is 29.8 Å². The Hall–Kier alpha value is -2.04. The zero-order valence-electron chi connectivity index (χ0n) is 11.7. The molecule has 1 aliphatic rings. The molecule has 1 aromatic carbocycles. The minimum atomic E-state index is -0.505. The lowest BCUT2D eigenvalue weighted by molar-refractivity contribution is 0.100. The van der Waals surface area contributed by atoms with Gasteiger partial charge in [-0.3, -0.25) is 4.79 Å². The number of primary amides is 1. The van der Waals surface area contributed by atoms with Gasteiger partial charge in [-0.15, -0.1) is 0 Å². The molecule has 1 saturated carbocycles. The van der Waals surface area contributed by atoms with Gasteiger partial charge in [0.2, 0.25) is 5.91 Å². The van der Waals surface area contributed by atoms with Crippen molar-refractivity contribution in [2.24, 2.45) is 11.7 Å². The van der Waals surface area contributed by atoms with Gasteiger partial charge in [-0.1, -0.05) is 25.8 Å². The fourth-order valence-electron chi connectivity index (χ4n) is 2.62. The smallest absolute Gasteiger partial charge is 0.319 e.